The molecule has 3 rings (SSSR count). The van der Waals surface area contributed by atoms with Crippen LogP contribution in [0.3, 0.4) is 0 Å². The average Bonchev–Trinajstić information content (AvgIpc) is 3.22. The van der Waals surface area contributed by atoms with Crippen molar-refractivity contribution in [1.29, 1.82) is 0 Å². The van der Waals surface area contributed by atoms with Crippen molar-refractivity contribution in [3.63, 3.8) is 0 Å². The van der Waals surface area contributed by atoms with Crippen LogP contribution in [-0.4, -0.2) is 59.5 Å². The molecule has 0 aliphatic carbocycles. The topological polar surface area (TPSA) is 75.5 Å². The lowest BCUT2D eigenvalue weighted by Crippen LogP contribution is -2.36. The first-order valence-electron chi connectivity index (χ1n) is 9.23. The number of piperidine rings is 1. The van der Waals surface area contributed by atoms with Crippen molar-refractivity contribution in [3.8, 4) is 0 Å². The van der Waals surface area contributed by atoms with Crippen molar-refractivity contribution in [2.24, 2.45) is 0 Å². The molecule has 0 atom stereocenters. The van der Waals surface area contributed by atoms with Crippen LogP contribution >= 0.6 is 0 Å². The summed E-state index contributed by atoms with van der Waals surface area (Å²) in [6, 6.07) is 0. The molecule has 8 heteroatoms. The SMILES string of the molecule is Cc1nn(CCC(=O)N2CCCC2)c(C)c1S(=O)(=O)N1CCCCC1. The third-order valence-electron chi connectivity index (χ3n) is 5.22. The van der Waals surface area contributed by atoms with Crippen molar-refractivity contribution in [1.82, 2.24) is 19.0 Å². The Balaban J connectivity index is 1.75. The van der Waals surface area contributed by atoms with E-state index in [0.717, 1.165) is 45.2 Å². The van der Waals surface area contributed by atoms with Crippen LogP contribution in [0.2, 0.25) is 0 Å². The molecule has 0 spiro atoms. The fourth-order valence-corrected chi connectivity index (χ4v) is 5.72. The summed E-state index contributed by atoms with van der Waals surface area (Å²) >= 11 is 0. The van der Waals surface area contributed by atoms with Gasteiger partial charge in [-0.2, -0.15) is 9.40 Å². The van der Waals surface area contributed by atoms with E-state index in [1.165, 1.54) is 0 Å². The number of sulfonamides is 1. The minimum absolute atomic E-state index is 0.130. The summed E-state index contributed by atoms with van der Waals surface area (Å²) in [7, 11) is -3.50. The second-order valence-corrected chi connectivity index (χ2v) is 8.90. The van der Waals surface area contributed by atoms with Crippen LogP contribution in [0.25, 0.3) is 0 Å². The number of carbonyl (C=O) groups excluding carboxylic acids is 1. The quantitative estimate of drug-likeness (QED) is 0.792. The zero-order chi connectivity index (χ0) is 18.0. The fourth-order valence-electron chi connectivity index (χ4n) is 3.83. The normalized spacial score (nSPS) is 19.5. The molecule has 25 heavy (non-hydrogen) atoms. The highest BCUT2D eigenvalue weighted by Crippen LogP contribution is 2.26. The van der Waals surface area contributed by atoms with Crippen LogP contribution in [-0.2, 0) is 21.4 Å². The lowest BCUT2D eigenvalue weighted by atomic mass is 10.2. The molecule has 3 heterocycles. The summed E-state index contributed by atoms with van der Waals surface area (Å²) in [4.78, 5) is 14.4. The van der Waals surface area contributed by atoms with Gasteiger partial charge in [-0.3, -0.25) is 9.48 Å². The molecule has 0 saturated carbocycles. The van der Waals surface area contributed by atoms with E-state index in [2.05, 4.69) is 5.10 Å². The molecule has 0 bridgehead atoms. The number of carbonyl (C=O) groups is 1. The number of aryl methyl sites for hydroxylation is 2. The Kier molecular flexibility index (Phi) is 5.48. The molecule has 0 aromatic carbocycles. The van der Waals surface area contributed by atoms with E-state index in [1.54, 1.807) is 22.8 Å². The van der Waals surface area contributed by atoms with Gasteiger partial charge in [-0.15, -0.1) is 0 Å². The number of hydrogen-bond donors (Lipinski definition) is 0. The van der Waals surface area contributed by atoms with Crippen molar-refractivity contribution < 1.29 is 13.2 Å². The number of aromatic nitrogens is 2. The number of rotatable bonds is 5. The summed E-state index contributed by atoms with van der Waals surface area (Å²) in [6.07, 6.45) is 5.42. The molecule has 0 radical (unpaired) electrons. The largest absolute Gasteiger partial charge is 0.343 e. The Morgan fingerprint density at radius 2 is 1.60 bits per heavy atom. The third-order valence-corrected chi connectivity index (χ3v) is 7.38. The van der Waals surface area contributed by atoms with Crippen LogP contribution < -0.4 is 0 Å². The van der Waals surface area contributed by atoms with E-state index in [0.29, 0.717) is 42.3 Å². The molecular weight excluding hydrogens is 340 g/mol. The van der Waals surface area contributed by atoms with Gasteiger partial charge in [0.05, 0.1) is 17.9 Å². The Morgan fingerprint density at radius 1 is 1.00 bits per heavy atom. The van der Waals surface area contributed by atoms with Gasteiger partial charge < -0.3 is 4.90 Å². The van der Waals surface area contributed by atoms with E-state index in [1.807, 2.05) is 4.90 Å². The summed E-state index contributed by atoms with van der Waals surface area (Å²) in [5, 5.41) is 4.41. The first-order chi connectivity index (χ1) is 11.9. The van der Waals surface area contributed by atoms with Crippen LogP contribution in [0, 0.1) is 13.8 Å². The second-order valence-electron chi connectivity index (χ2n) is 7.03. The summed E-state index contributed by atoms with van der Waals surface area (Å²) in [5.74, 6) is 0.130. The second kappa shape index (κ2) is 7.45. The Hall–Kier alpha value is -1.41. The summed E-state index contributed by atoms with van der Waals surface area (Å²) in [6.45, 7) is 6.80. The van der Waals surface area contributed by atoms with Gasteiger partial charge in [-0.25, -0.2) is 8.42 Å². The zero-order valence-corrected chi connectivity index (χ0v) is 16.0. The highest BCUT2D eigenvalue weighted by Gasteiger charge is 2.31. The number of nitrogens with zero attached hydrogens (tertiary/aromatic N) is 4. The number of likely N-dealkylation sites (tertiary alicyclic amines) is 1. The number of hydrogen-bond acceptors (Lipinski definition) is 4. The Morgan fingerprint density at radius 3 is 2.24 bits per heavy atom. The van der Waals surface area contributed by atoms with Crippen molar-refractivity contribution in [3.05, 3.63) is 11.4 Å². The standard InChI is InChI=1S/C17H28N4O3S/c1-14-17(25(23,24)20-11-4-3-5-12-20)15(2)21(18-14)13-8-16(22)19-9-6-7-10-19/h3-13H2,1-2H3. The molecule has 2 aliphatic rings. The molecule has 1 amide bonds. The molecule has 2 fully saturated rings. The monoisotopic (exact) mass is 368 g/mol. The van der Waals surface area contributed by atoms with Gasteiger partial charge in [0.1, 0.15) is 4.90 Å². The Bertz CT molecular complexity index is 729. The maximum atomic E-state index is 13.0. The predicted octanol–water partition coefficient (Wildman–Crippen LogP) is 1.69. The molecule has 140 valence electrons. The zero-order valence-electron chi connectivity index (χ0n) is 15.2. The molecule has 0 unspecified atom stereocenters. The first-order valence-corrected chi connectivity index (χ1v) is 10.7. The lowest BCUT2D eigenvalue weighted by molar-refractivity contribution is -0.130. The van der Waals surface area contributed by atoms with E-state index in [-0.39, 0.29) is 5.91 Å². The van der Waals surface area contributed by atoms with Crippen molar-refractivity contribution in [2.75, 3.05) is 26.2 Å². The van der Waals surface area contributed by atoms with Crippen LogP contribution in [0.4, 0.5) is 0 Å². The fraction of sp³-hybridized carbons (Fsp3) is 0.765. The maximum absolute atomic E-state index is 13.0. The third kappa shape index (κ3) is 3.74. The molecule has 2 saturated heterocycles. The highest BCUT2D eigenvalue weighted by molar-refractivity contribution is 7.89. The maximum Gasteiger partial charge on any atom is 0.246 e. The minimum Gasteiger partial charge on any atom is -0.343 e. The van der Waals surface area contributed by atoms with Gasteiger partial charge in [0, 0.05) is 32.6 Å². The van der Waals surface area contributed by atoms with E-state index in [4.69, 9.17) is 0 Å². The van der Waals surface area contributed by atoms with Crippen LogP contribution in [0.1, 0.15) is 49.9 Å². The van der Waals surface area contributed by atoms with Gasteiger partial charge in [0.15, 0.2) is 0 Å². The van der Waals surface area contributed by atoms with Gasteiger partial charge in [-0.05, 0) is 39.5 Å². The van der Waals surface area contributed by atoms with Crippen LogP contribution in [0.15, 0.2) is 4.90 Å². The minimum atomic E-state index is -3.50. The molecular formula is C17H28N4O3S. The van der Waals surface area contributed by atoms with Crippen LogP contribution in [0.5, 0.6) is 0 Å². The van der Waals surface area contributed by atoms with Crippen molar-refractivity contribution >= 4 is 15.9 Å². The molecule has 0 N–H and O–H groups in total. The van der Waals surface area contributed by atoms with Crippen molar-refractivity contribution in [2.45, 2.75) is 63.8 Å². The van der Waals surface area contributed by atoms with E-state index < -0.39 is 10.0 Å². The molecule has 2 aliphatic heterocycles. The molecule has 1 aromatic rings. The molecule has 7 nitrogen and oxygen atoms in total. The Labute approximate surface area is 150 Å². The van der Waals surface area contributed by atoms with E-state index >= 15 is 0 Å². The number of amides is 1. The molecule has 1 aromatic heterocycles. The van der Waals surface area contributed by atoms with Gasteiger partial charge in [-0.1, -0.05) is 6.42 Å². The van der Waals surface area contributed by atoms with Gasteiger partial charge in [0.2, 0.25) is 15.9 Å². The van der Waals surface area contributed by atoms with Gasteiger partial charge in [0.25, 0.3) is 0 Å². The summed E-state index contributed by atoms with van der Waals surface area (Å²) in [5.41, 5.74) is 1.16. The average molecular weight is 369 g/mol. The lowest BCUT2D eigenvalue weighted by Gasteiger charge is -2.26. The smallest absolute Gasteiger partial charge is 0.246 e. The van der Waals surface area contributed by atoms with E-state index in [9.17, 15) is 13.2 Å². The van der Waals surface area contributed by atoms with Gasteiger partial charge >= 0.3 is 0 Å². The first kappa shape index (κ1) is 18.4. The highest BCUT2D eigenvalue weighted by atomic mass is 32.2. The predicted molar refractivity (Wildman–Crippen MR) is 94.7 cm³/mol. The summed E-state index contributed by atoms with van der Waals surface area (Å²) < 4.78 is 29.2.